The molecule has 0 aliphatic carbocycles. The molecule has 3 rings (SSSR count). The van der Waals surface area contributed by atoms with Crippen molar-refractivity contribution in [2.45, 2.75) is 18.8 Å². The third kappa shape index (κ3) is 1.84. The maximum Gasteiger partial charge on any atom is 0.354 e. The number of hydrogen-bond acceptors (Lipinski definition) is 4. The van der Waals surface area contributed by atoms with Gasteiger partial charge in [0, 0.05) is 25.2 Å². The van der Waals surface area contributed by atoms with E-state index in [1.54, 1.807) is 22.8 Å². The van der Waals surface area contributed by atoms with Gasteiger partial charge in [-0.2, -0.15) is 5.10 Å². The second kappa shape index (κ2) is 4.38. The Morgan fingerprint density at radius 3 is 2.94 bits per heavy atom. The van der Waals surface area contributed by atoms with E-state index in [4.69, 9.17) is 9.84 Å². The highest BCUT2D eigenvalue weighted by Gasteiger charge is 2.21. The molecule has 0 aromatic carbocycles. The molecule has 18 heavy (non-hydrogen) atoms. The van der Waals surface area contributed by atoms with Crippen molar-refractivity contribution in [1.82, 2.24) is 14.6 Å². The van der Waals surface area contributed by atoms with Crippen molar-refractivity contribution >= 4 is 11.6 Å². The van der Waals surface area contributed by atoms with E-state index < -0.39 is 5.97 Å². The molecule has 0 saturated carbocycles. The zero-order chi connectivity index (χ0) is 12.5. The predicted octanol–water partition coefficient (Wildman–Crippen LogP) is 1.32. The first-order valence-corrected chi connectivity index (χ1v) is 5.91. The van der Waals surface area contributed by atoms with Crippen molar-refractivity contribution < 1.29 is 14.6 Å². The molecule has 94 valence electrons. The first kappa shape index (κ1) is 11.2. The Labute approximate surface area is 103 Å². The Balaban J connectivity index is 2.12. The second-order valence-electron chi connectivity index (χ2n) is 4.36. The Morgan fingerprint density at radius 2 is 2.22 bits per heavy atom. The zero-order valence-corrected chi connectivity index (χ0v) is 9.74. The largest absolute Gasteiger partial charge is 0.477 e. The fourth-order valence-corrected chi connectivity index (χ4v) is 2.33. The molecule has 0 unspecified atom stereocenters. The highest BCUT2D eigenvalue weighted by molar-refractivity contribution is 5.86. The highest BCUT2D eigenvalue weighted by atomic mass is 16.5. The molecule has 0 spiro atoms. The summed E-state index contributed by atoms with van der Waals surface area (Å²) in [5.41, 5.74) is 1.56. The van der Waals surface area contributed by atoms with Crippen LogP contribution in [0.4, 0.5) is 0 Å². The number of nitrogens with zero attached hydrogens (tertiary/aromatic N) is 3. The van der Waals surface area contributed by atoms with E-state index in [9.17, 15) is 4.79 Å². The monoisotopic (exact) mass is 247 g/mol. The van der Waals surface area contributed by atoms with Gasteiger partial charge in [0.2, 0.25) is 0 Å². The van der Waals surface area contributed by atoms with E-state index in [-0.39, 0.29) is 11.6 Å². The van der Waals surface area contributed by atoms with Gasteiger partial charge >= 0.3 is 5.97 Å². The Morgan fingerprint density at radius 1 is 1.44 bits per heavy atom. The second-order valence-corrected chi connectivity index (χ2v) is 4.36. The van der Waals surface area contributed by atoms with Gasteiger partial charge in [-0.1, -0.05) is 0 Å². The Kier molecular flexibility index (Phi) is 2.71. The third-order valence-electron chi connectivity index (χ3n) is 3.25. The van der Waals surface area contributed by atoms with Crippen LogP contribution in [0.3, 0.4) is 0 Å². The van der Waals surface area contributed by atoms with Gasteiger partial charge in [0.25, 0.3) is 0 Å². The van der Waals surface area contributed by atoms with E-state index in [1.165, 1.54) is 0 Å². The number of aromatic carboxylic acids is 1. The van der Waals surface area contributed by atoms with Gasteiger partial charge in [0.15, 0.2) is 11.3 Å². The van der Waals surface area contributed by atoms with Crippen molar-refractivity contribution in [1.29, 1.82) is 0 Å². The molecule has 0 radical (unpaired) electrons. The maximum atomic E-state index is 11.1. The van der Waals surface area contributed by atoms with Gasteiger partial charge in [-0.3, -0.25) is 0 Å². The first-order valence-electron chi connectivity index (χ1n) is 5.91. The molecule has 2 aromatic heterocycles. The van der Waals surface area contributed by atoms with Crippen LogP contribution in [0.25, 0.3) is 5.65 Å². The van der Waals surface area contributed by atoms with Crippen LogP contribution in [-0.2, 0) is 4.74 Å². The minimum atomic E-state index is -1.01. The van der Waals surface area contributed by atoms with E-state index >= 15 is 0 Å². The van der Waals surface area contributed by atoms with Gasteiger partial charge in [0.1, 0.15) is 0 Å². The summed E-state index contributed by atoms with van der Waals surface area (Å²) in [6, 6.07) is 3.34. The van der Waals surface area contributed by atoms with Crippen LogP contribution >= 0.6 is 0 Å². The van der Waals surface area contributed by atoms with Crippen LogP contribution in [0.15, 0.2) is 18.3 Å². The van der Waals surface area contributed by atoms with Crippen LogP contribution in [0.2, 0.25) is 0 Å². The third-order valence-corrected chi connectivity index (χ3v) is 3.25. The van der Waals surface area contributed by atoms with E-state index in [0.717, 1.165) is 18.5 Å². The fourth-order valence-electron chi connectivity index (χ4n) is 2.33. The van der Waals surface area contributed by atoms with Gasteiger partial charge in [-0.25, -0.2) is 14.3 Å². The lowest BCUT2D eigenvalue weighted by Crippen LogP contribution is -2.18. The van der Waals surface area contributed by atoms with Crippen LogP contribution < -0.4 is 0 Å². The maximum absolute atomic E-state index is 11.1. The summed E-state index contributed by atoms with van der Waals surface area (Å²) in [5.74, 6) is -0.728. The van der Waals surface area contributed by atoms with Crippen LogP contribution in [-0.4, -0.2) is 38.9 Å². The van der Waals surface area contributed by atoms with Crippen LogP contribution in [0, 0.1) is 0 Å². The molecule has 1 fully saturated rings. The van der Waals surface area contributed by atoms with Gasteiger partial charge < -0.3 is 9.84 Å². The molecule has 6 heteroatoms. The quantitative estimate of drug-likeness (QED) is 0.866. The zero-order valence-electron chi connectivity index (χ0n) is 9.74. The smallest absolute Gasteiger partial charge is 0.354 e. The van der Waals surface area contributed by atoms with Gasteiger partial charge in [-0.15, -0.1) is 0 Å². The summed E-state index contributed by atoms with van der Waals surface area (Å²) in [6.07, 6.45) is 3.41. The highest BCUT2D eigenvalue weighted by Crippen LogP contribution is 2.27. The van der Waals surface area contributed by atoms with E-state index in [2.05, 4.69) is 10.1 Å². The van der Waals surface area contributed by atoms with Crippen molar-refractivity contribution in [3.63, 3.8) is 0 Å². The number of carbonyl (C=O) groups is 1. The number of carboxylic acids is 1. The number of fused-ring (bicyclic) bond motifs is 1. The molecule has 3 heterocycles. The van der Waals surface area contributed by atoms with Crippen molar-refractivity contribution in [3.05, 3.63) is 29.7 Å². The minimum absolute atomic E-state index is 0.0736. The number of hydrogen-bond donors (Lipinski definition) is 1. The van der Waals surface area contributed by atoms with Gasteiger partial charge in [0.05, 0.1) is 11.9 Å². The minimum Gasteiger partial charge on any atom is -0.477 e. The van der Waals surface area contributed by atoms with Crippen molar-refractivity contribution in [2.75, 3.05) is 13.2 Å². The van der Waals surface area contributed by atoms with E-state index in [1.807, 2.05) is 0 Å². The Bertz CT molecular complexity index is 587. The molecule has 0 amide bonds. The number of ether oxygens (including phenoxy) is 1. The van der Waals surface area contributed by atoms with Crippen molar-refractivity contribution in [3.8, 4) is 0 Å². The van der Waals surface area contributed by atoms with Crippen molar-refractivity contribution in [2.24, 2.45) is 0 Å². The lowest BCUT2D eigenvalue weighted by atomic mass is 9.96. The molecule has 1 aliphatic heterocycles. The number of carboxylic acid groups (broad SMARTS) is 1. The molecule has 6 nitrogen and oxygen atoms in total. The molecular formula is C12H13N3O3. The van der Waals surface area contributed by atoms with Gasteiger partial charge in [-0.05, 0) is 18.9 Å². The van der Waals surface area contributed by atoms with Crippen LogP contribution in [0.5, 0.6) is 0 Å². The summed E-state index contributed by atoms with van der Waals surface area (Å²) < 4.78 is 7.06. The molecule has 1 N–H and O–H groups in total. The summed E-state index contributed by atoms with van der Waals surface area (Å²) in [6.45, 7) is 1.41. The predicted molar refractivity (Wildman–Crippen MR) is 62.7 cm³/mol. The topological polar surface area (TPSA) is 76.7 Å². The molecular weight excluding hydrogens is 234 g/mol. The number of aromatic nitrogens is 3. The standard InChI is InChI=1S/C12H13N3O3/c16-12(17)9-7-10(8-2-5-18-6-3-8)15-11(14-9)1-4-13-15/h1,4,7-8H,2-3,5-6H2,(H,16,17). The average Bonchev–Trinajstić information content (AvgIpc) is 2.86. The summed E-state index contributed by atoms with van der Waals surface area (Å²) >= 11 is 0. The Hall–Kier alpha value is -1.95. The lowest BCUT2D eigenvalue weighted by molar-refractivity contribution is 0.0689. The van der Waals surface area contributed by atoms with Crippen LogP contribution in [0.1, 0.15) is 34.9 Å². The molecule has 0 bridgehead atoms. The molecule has 1 aliphatic rings. The molecule has 0 atom stereocenters. The SMILES string of the molecule is O=C(O)c1cc(C2CCOCC2)n2nccc2n1. The normalized spacial score (nSPS) is 17.1. The summed E-state index contributed by atoms with van der Waals surface area (Å²) in [4.78, 5) is 15.1. The summed E-state index contributed by atoms with van der Waals surface area (Å²) in [5, 5.41) is 13.3. The lowest BCUT2D eigenvalue weighted by Gasteiger charge is -2.22. The molecule has 2 aromatic rings. The first-order chi connectivity index (χ1) is 8.75. The molecule has 1 saturated heterocycles. The van der Waals surface area contributed by atoms with E-state index in [0.29, 0.717) is 18.9 Å². The number of rotatable bonds is 2. The fraction of sp³-hybridized carbons (Fsp3) is 0.417. The summed E-state index contributed by atoms with van der Waals surface area (Å²) in [7, 11) is 0. The average molecular weight is 247 g/mol.